The largest absolute Gasteiger partial charge is 0.456 e. The lowest BCUT2D eigenvalue weighted by Crippen LogP contribution is -2.60. The van der Waals surface area contributed by atoms with E-state index in [9.17, 15) is 9.90 Å². The number of carbonyl (C=O) groups is 1. The van der Waals surface area contributed by atoms with Crippen LogP contribution in [0.1, 0.15) is 58.8 Å². The normalized spacial score (nSPS) is 53.7. The summed E-state index contributed by atoms with van der Waals surface area (Å²) >= 11 is 0. The molecule has 1 heterocycles. The summed E-state index contributed by atoms with van der Waals surface area (Å²) in [4.78, 5) is 11.9. The number of hydrogen-bond donors (Lipinski definition) is 1. The van der Waals surface area contributed by atoms with Gasteiger partial charge < -0.3 is 9.84 Å². The predicted molar refractivity (Wildman–Crippen MR) is 74.9 cm³/mol. The monoisotopic (exact) mass is 278 g/mol. The average molecular weight is 278 g/mol. The van der Waals surface area contributed by atoms with Gasteiger partial charge in [-0.25, -0.2) is 4.79 Å². The summed E-state index contributed by atoms with van der Waals surface area (Å²) in [6.07, 6.45) is 7.46. The van der Waals surface area contributed by atoms with Gasteiger partial charge in [0, 0.05) is 11.8 Å². The van der Waals surface area contributed by atoms with Crippen molar-refractivity contribution in [1.29, 1.82) is 0 Å². The van der Waals surface area contributed by atoms with Gasteiger partial charge in [0.05, 0.1) is 0 Å². The maximum absolute atomic E-state index is 11.9. The lowest BCUT2D eigenvalue weighted by Gasteiger charge is -2.63. The van der Waals surface area contributed by atoms with Gasteiger partial charge in [-0.3, -0.25) is 0 Å². The van der Waals surface area contributed by atoms with E-state index < -0.39 is 11.7 Å². The van der Waals surface area contributed by atoms with Crippen LogP contribution in [0.3, 0.4) is 0 Å². The molecule has 20 heavy (non-hydrogen) atoms. The van der Waals surface area contributed by atoms with E-state index in [1.54, 1.807) is 0 Å². The second kappa shape index (κ2) is 4.00. The molecule has 3 heteroatoms. The molecule has 2 unspecified atom stereocenters. The van der Waals surface area contributed by atoms with Crippen LogP contribution in [-0.2, 0) is 9.53 Å². The number of aliphatic hydroxyl groups excluding tert-OH is 1. The first kappa shape index (κ1) is 13.1. The quantitative estimate of drug-likeness (QED) is 0.790. The van der Waals surface area contributed by atoms with Crippen LogP contribution in [0.5, 0.6) is 0 Å². The van der Waals surface area contributed by atoms with Gasteiger partial charge in [0.1, 0.15) is 5.60 Å². The third-order valence-corrected chi connectivity index (χ3v) is 6.92. The highest BCUT2D eigenvalue weighted by molar-refractivity contribution is 5.77. The fraction of sp³-hybridized carbons (Fsp3) is 0.941. The zero-order valence-corrected chi connectivity index (χ0v) is 12.6. The van der Waals surface area contributed by atoms with Gasteiger partial charge in [-0.2, -0.15) is 0 Å². The minimum atomic E-state index is -0.898. The van der Waals surface area contributed by atoms with Crippen molar-refractivity contribution in [2.75, 3.05) is 0 Å². The number of cyclic esters (lactones) is 1. The molecule has 4 aliphatic carbocycles. The van der Waals surface area contributed by atoms with Crippen molar-refractivity contribution in [3.05, 3.63) is 0 Å². The third-order valence-electron chi connectivity index (χ3n) is 6.92. The van der Waals surface area contributed by atoms with Crippen molar-refractivity contribution >= 4 is 5.97 Å². The summed E-state index contributed by atoms with van der Waals surface area (Å²) < 4.78 is 5.92. The molecule has 112 valence electrons. The molecular formula is C17H26O3. The number of esters is 1. The first-order valence-electron chi connectivity index (χ1n) is 8.35. The van der Waals surface area contributed by atoms with Crippen molar-refractivity contribution < 1.29 is 14.6 Å². The van der Waals surface area contributed by atoms with E-state index >= 15 is 0 Å². The van der Waals surface area contributed by atoms with Crippen molar-refractivity contribution in [2.45, 2.75) is 70.5 Å². The summed E-state index contributed by atoms with van der Waals surface area (Å²) in [5.41, 5.74) is -0.247. The lowest BCUT2D eigenvalue weighted by molar-refractivity contribution is -0.207. The smallest absolute Gasteiger partial charge is 0.335 e. The van der Waals surface area contributed by atoms with Crippen molar-refractivity contribution in [3.8, 4) is 0 Å². The third kappa shape index (κ3) is 1.53. The molecule has 0 radical (unpaired) electrons. The molecule has 1 aliphatic heterocycles. The average Bonchev–Trinajstić information content (AvgIpc) is 2.65. The van der Waals surface area contributed by atoms with Gasteiger partial charge >= 0.3 is 5.97 Å². The minimum absolute atomic E-state index is 0.156. The van der Waals surface area contributed by atoms with Crippen LogP contribution in [-0.4, -0.2) is 22.8 Å². The summed E-state index contributed by atoms with van der Waals surface area (Å²) in [5.74, 6) is 2.43. The van der Waals surface area contributed by atoms with Crippen LogP contribution < -0.4 is 0 Å². The first-order valence-corrected chi connectivity index (χ1v) is 8.35. The molecule has 3 nitrogen and oxygen atoms in total. The predicted octanol–water partition coefficient (Wildman–Crippen LogP) is 2.91. The second-order valence-electron chi connectivity index (χ2n) is 8.38. The van der Waals surface area contributed by atoms with Crippen LogP contribution in [0.25, 0.3) is 0 Å². The van der Waals surface area contributed by atoms with Gasteiger partial charge in [0.15, 0.2) is 6.10 Å². The molecule has 0 aromatic rings. The molecule has 1 saturated heterocycles. The van der Waals surface area contributed by atoms with Crippen LogP contribution in [0.15, 0.2) is 0 Å². The van der Waals surface area contributed by atoms with Gasteiger partial charge in [-0.1, -0.05) is 13.8 Å². The van der Waals surface area contributed by atoms with Crippen LogP contribution >= 0.6 is 0 Å². The summed E-state index contributed by atoms with van der Waals surface area (Å²) in [6, 6.07) is 0. The minimum Gasteiger partial charge on any atom is -0.456 e. The number of aliphatic hydroxyl groups is 1. The second-order valence-corrected chi connectivity index (χ2v) is 8.38. The maximum atomic E-state index is 11.9. The van der Waals surface area contributed by atoms with Gasteiger partial charge in [0.2, 0.25) is 0 Å². The Labute approximate surface area is 121 Å². The van der Waals surface area contributed by atoms with E-state index in [0.717, 1.165) is 17.8 Å². The summed E-state index contributed by atoms with van der Waals surface area (Å²) in [7, 11) is 0. The van der Waals surface area contributed by atoms with Gasteiger partial charge in [0.25, 0.3) is 0 Å². The van der Waals surface area contributed by atoms with E-state index in [2.05, 4.69) is 13.8 Å². The topological polar surface area (TPSA) is 46.5 Å². The zero-order valence-electron chi connectivity index (χ0n) is 12.6. The van der Waals surface area contributed by atoms with Crippen LogP contribution in [0, 0.1) is 29.1 Å². The van der Waals surface area contributed by atoms with E-state index in [-0.39, 0.29) is 11.4 Å². The Hall–Kier alpha value is -0.570. The number of rotatable bonds is 2. The molecule has 4 bridgehead atoms. The van der Waals surface area contributed by atoms with Crippen molar-refractivity contribution in [2.24, 2.45) is 29.1 Å². The molecule has 1 N–H and O–H groups in total. The maximum Gasteiger partial charge on any atom is 0.335 e. The first-order chi connectivity index (χ1) is 9.44. The van der Waals surface area contributed by atoms with E-state index in [4.69, 9.17) is 4.74 Å². The Morgan fingerprint density at radius 1 is 1.05 bits per heavy atom. The number of hydrogen-bond acceptors (Lipinski definition) is 3. The highest BCUT2D eigenvalue weighted by Crippen LogP contribution is 2.67. The molecule has 0 aromatic carbocycles. The Morgan fingerprint density at radius 2 is 1.55 bits per heavy atom. The number of ether oxygens (including phenoxy) is 1. The molecular weight excluding hydrogens is 252 g/mol. The fourth-order valence-corrected chi connectivity index (χ4v) is 6.58. The van der Waals surface area contributed by atoms with Crippen LogP contribution in [0.2, 0.25) is 0 Å². The molecule has 0 aromatic heterocycles. The Morgan fingerprint density at radius 3 is 1.90 bits per heavy atom. The van der Waals surface area contributed by atoms with E-state index in [0.29, 0.717) is 12.3 Å². The summed E-state index contributed by atoms with van der Waals surface area (Å²) in [5, 5.41) is 10.0. The highest BCUT2D eigenvalue weighted by Gasteiger charge is 2.66. The fourth-order valence-electron chi connectivity index (χ4n) is 6.58. The number of carbonyl (C=O) groups excluding carboxylic acids is 1. The van der Waals surface area contributed by atoms with E-state index in [1.807, 2.05) is 0 Å². The van der Waals surface area contributed by atoms with Crippen molar-refractivity contribution in [3.63, 3.8) is 0 Å². The Bertz CT molecular complexity index is 406. The lowest BCUT2D eigenvalue weighted by atomic mass is 9.43. The Balaban J connectivity index is 1.75. The standard InChI is InChI=1S/C17H26O3/c1-10(2)17(9-14(18)15(19)20-17)16-6-11-3-12(7-16)5-13(4-11)8-16/h10-14,18H,3-9H2,1-2H3. The summed E-state index contributed by atoms with van der Waals surface area (Å²) in [6.45, 7) is 4.34. The molecule has 5 rings (SSSR count). The molecule has 2 atom stereocenters. The molecule has 5 fully saturated rings. The molecule has 0 amide bonds. The molecule has 4 saturated carbocycles. The van der Waals surface area contributed by atoms with E-state index in [1.165, 1.54) is 38.5 Å². The van der Waals surface area contributed by atoms with Crippen LogP contribution in [0.4, 0.5) is 0 Å². The molecule has 5 aliphatic rings. The zero-order chi connectivity index (χ0) is 14.1. The highest BCUT2D eigenvalue weighted by atomic mass is 16.6. The van der Waals surface area contributed by atoms with Gasteiger partial charge in [-0.05, 0) is 62.2 Å². The SMILES string of the molecule is CC(C)C1(C23CC4CC(CC(C4)C2)C3)CC(O)C(=O)O1. The van der Waals surface area contributed by atoms with Crippen molar-refractivity contribution in [1.82, 2.24) is 0 Å². The van der Waals surface area contributed by atoms with Gasteiger partial charge in [-0.15, -0.1) is 0 Å². The Kier molecular flexibility index (Phi) is 2.62. The molecule has 0 spiro atoms.